The fourth-order valence-corrected chi connectivity index (χ4v) is 1.41. The Hall–Kier alpha value is -0.255. The minimum Gasteiger partial charge on any atom is -0.422 e. The standard InChI is InChI=1S/C7H7BCl2O3/c1-12-13-8(11)5-2-6(9)4-7(10)3-5/h2-4,11H,1H3. The van der Waals surface area contributed by atoms with Crippen LogP contribution in [-0.4, -0.2) is 19.3 Å². The number of benzene rings is 1. The molecule has 0 atom stereocenters. The lowest BCUT2D eigenvalue weighted by Gasteiger charge is -2.05. The molecule has 0 aliphatic carbocycles. The van der Waals surface area contributed by atoms with E-state index in [1.165, 1.54) is 19.2 Å². The van der Waals surface area contributed by atoms with E-state index in [0.717, 1.165) is 0 Å². The third kappa shape index (κ3) is 3.17. The highest BCUT2D eigenvalue weighted by Crippen LogP contribution is 2.13. The van der Waals surface area contributed by atoms with Crippen molar-refractivity contribution >= 4 is 35.8 Å². The van der Waals surface area contributed by atoms with Crippen LogP contribution in [0.25, 0.3) is 0 Å². The van der Waals surface area contributed by atoms with Crippen LogP contribution in [0, 0.1) is 0 Å². The van der Waals surface area contributed by atoms with Crippen molar-refractivity contribution in [2.45, 2.75) is 0 Å². The van der Waals surface area contributed by atoms with Crippen molar-refractivity contribution in [1.82, 2.24) is 0 Å². The van der Waals surface area contributed by atoms with Crippen LogP contribution in [0.1, 0.15) is 0 Å². The van der Waals surface area contributed by atoms with E-state index in [4.69, 9.17) is 23.2 Å². The molecule has 1 aromatic rings. The Morgan fingerprint density at radius 1 is 1.23 bits per heavy atom. The second-order valence-electron chi connectivity index (χ2n) is 2.32. The van der Waals surface area contributed by atoms with Crippen molar-refractivity contribution in [2.75, 3.05) is 7.11 Å². The summed E-state index contributed by atoms with van der Waals surface area (Å²) >= 11 is 11.4. The molecule has 0 unspecified atom stereocenters. The quantitative estimate of drug-likeness (QED) is 0.474. The molecule has 1 rings (SSSR count). The van der Waals surface area contributed by atoms with Crippen LogP contribution in [0.15, 0.2) is 18.2 Å². The molecule has 1 aromatic carbocycles. The molecule has 0 aromatic heterocycles. The molecule has 13 heavy (non-hydrogen) atoms. The molecule has 0 amide bonds. The molecular formula is C7H7BCl2O3. The summed E-state index contributed by atoms with van der Waals surface area (Å²) in [7, 11) is 0.122. The van der Waals surface area contributed by atoms with Gasteiger partial charge in [0.25, 0.3) is 0 Å². The van der Waals surface area contributed by atoms with Crippen LogP contribution in [0.5, 0.6) is 0 Å². The van der Waals surface area contributed by atoms with Gasteiger partial charge in [0, 0.05) is 10.0 Å². The molecule has 0 heterocycles. The van der Waals surface area contributed by atoms with Gasteiger partial charge in [-0.25, -0.2) is 0 Å². The molecule has 0 bridgehead atoms. The van der Waals surface area contributed by atoms with Crippen molar-refractivity contribution in [1.29, 1.82) is 0 Å². The Morgan fingerprint density at radius 3 is 2.23 bits per heavy atom. The van der Waals surface area contributed by atoms with Crippen LogP contribution >= 0.6 is 23.2 Å². The van der Waals surface area contributed by atoms with Gasteiger partial charge in [0.1, 0.15) is 0 Å². The third-order valence-corrected chi connectivity index (χ3v) is 1.79. The zero-order chi connectivity index (χ0) is 9.84. The van der Waals surface area contributed by atoms with Crippen molar-refractivity contribution in [2.24, 2.45) is 0 Å². The molecule has 0 fully saturated rings. The summed E-state index contributed by atoms with van der Waals surface area (Å²) in [5.41, 5.74) is 0.444. The van der Waals surface area contributed by atoms with Gasteiger partial charge in [0.15, 0.2) is 0 Å². The molecule has 1 N–H and O–H groups in total. The molecule has 0 saturated carbocycles. The lowest BCUT2D eigenvalue weighted by molar-refractivity contribution is -0.193. The molecule has 0 aliphatic heterocycles. The smallest absolute Gasteiger partial charge is 0.422 e. The fourth-order valence-electron chi connectivity index (χ4n) is 0.864. The van der Waals surface area contributed by atoms with Crippen LogP contribution in [0.2, 0.25) is 10.0 Å². The molecule has 0 radical (unpaired) electrons. The zero-order valence-electron chi connectivity index (χ0n) is 6.83. The lowest BCUT2D eigenvalue weighted by atomic mass is 9.80. The first-order valence-corrected chi connectivity index (χ1v) is 4.22. The van der Waals surface area contributed by atoms with E-state index in [-0.39, 0.29) is 0 Å². The normalized spacial score (nSPS) is 10.2. The summed E-state index contributed by atoms with van der Waals surface area (Å²) in [6.45, 7) is 0. The molecule has 0 aliphatic rings. The lowest BCUT2D eigenvalue weighted by Crippen LogP contribution is -2.33. The molecule has 6 heteroatoms. The topological polar surface area (TPSA) is 38.7 Å². The summed E-state index contributed by atoms with van der Waals surface area (Å²) in [5.74, 6) is 0. The second-order valence-corrected chi connectivity index (χ2v) is 3.19. The van der Waals surface area contributed by atoms with Gasteiger partial charge in [-0.1, -0.05) is 23.2 Å². The molecule has 0 saturated heterocycles. The van der Waals surface area contributed by atoms with Crippen molar-refractivity contribution in [3.63, 3.8) is 0 Å². The Balaban J connectivity index is 2.87. The minimum absolute atomic E-state index is 0.432. The summed E-state index contributed by atoms with van der Waals surface area (Å²) in [6.07, 6.45) is 0. The first kappa shape index (κ1) is 10.8. The summed E-state index contributed by atoms with van der Waals surface area (Å²) < 4.78 is 0. The van der Waals surface area contributed by atoms with E-state index in [2.05, 4.69) is 9.69 Å². The summed E-state index contributed by atoms with van der Waals surface area (Å²) in [5, 5.41) is 10.2. The van der Waals surface area contributed by atoms with Crippen LogP contribution in [0.3, 0.4) is 0 Å². The maximum Gasteiger partial charge on any atom is 0.523 e. The molecular weight excluding hydrogens is 214 g/mol. The number of hydrogen-bond donors (Lipinski definition) is 1. The predicted molar refractivity (Wildman–Crippen MR) is 52.2 cm³/mol. The number of halogens is 2. The van der Waals surface area contributed by atoms with Gasteiger partial charge >= 0.3 is 7.12 Å². The maximum atomic E-state index is 9.30. The maximum absolute atomic E-state index is 9.30. The van der Waals surface area contributed by atoms with Crippen LogP contribution < -0.4 is 5.46 Å². The fraction of sp³-hybridized carbons (Fsp3) is 0.143. The van der Waals surface area contributed by atoms with Gasteiger partial charge < -0.3 is 5.02 Å². The van der Waals surface area contributed by atoms with E-state index in [9.17, 15) is 5.02 Å². The summed E-state index contributed by atoms with van der Waals surface area (Å²) in [4.78, 5) is 8.78. The zero-order valence-corrected chi connectivity index (χ0v) is 8.34. The molecule has 0 spiro atoms. The SMILES string of the molecule is COOB(O)c1cc(Cl)cc(Cl)c1. The van der Waals surface area contributed by atoms with E-state index in [1.54, 1.807) is 6.07 Å². The van der Waals surface area contributed by atoms with Gasteiger partial charge in [-0.2, -0.15) is 0 Å². The van der Waals surface area contributed by atoms with E-state index in [0.29, 0.717) is 15.5 Å². The highest BCUT2D eigenvalue weighted by Gasteiger charge is 2.18. The number of hydrogen-bond acceptors (Lipinski definition) is 3. The van der Waals surface area contributed by atoms with Gasteiger partial charge in [0.2, 0.25) is 0 Å². The van der Waals surface area contributed by atoms with Crippen LogP contribution in [-0.2, 0) is 9.69 Å². The summed E-state index contributed by atoms with van der Waals surface area (Å²) in [6, 6.07) is 4.64. The van der Waals surface area contributed by atoms with Gasteiger partial charge in [-0.15, -0.1) is 0 Å². The Morgan fingerprint density at radius 2 is 1.77 bits per heavy atom. The van der Waals surface area contributed by atoms with E-state index >= 15 is 0 Å². The molecule has 70 valence electrons. The van der Waals surface area contributed by atoms with Crippen LogP contribution in [0.4, 0.5) is 0 Å². The highest BCUT2D eigenvalue weighted by molar-refractivity contribution is 6.60. The van der Waals surface area contributed by atoms with Crippen molar-refractivity contribution in [3.05, 3.63) is 28.2 Å². The molecule has 3 nitrogen and oxygen atoms in total. The Labute approximate surface area is 86.2 Å². The monoisotopic (exact) mass is 220 g/mol. The first-order chi connectivity index (χ1) is 6.13. The van der Waals surface area contributed by atoms with Gasteiger partial charge in [-0.3, -0.25) is 9.69 Å². The van der Waals surface area contributed by atoms with Gasteiger partial charge in [-0.05, 0) is 23.7 Å². The Bertz CT molecular complexity index is 275. The number of rotatable bonds is 3. The van der Waals surface area contributed by atoms with Crippen molar-refractivity contribution < 1.29 is 14.7 Å². The average Bonchev–Trinajstić information content (AvgIpc) is 2.03. The average molecular weight is 221 g/mol. The minimum atomic E-state index is -1.18. The predicted octanol–water partition coefficient (Wildman–Crippen LogP) is 1.26. The van der Waals surface area contributed by atoms with E-state index in [1.807, 2.05) is 0 Å². The van der Waals surface area contributed by atoms with E-state index < -0.39 is 7.12 Å². The van der Waals surface area contributed by atoms with Gasteiger partial charge in [0.05, 0.1) is 7.11 Å². The first-order valence-electron chi connectivity index (χ1n) is 3.47. The largest absolute Gasteiger partial charge is 0.523 e. The highest BCUT2D eigenvalue weighted by atomic mass is 35.5. The van der Waals surface area contributed by atoms with Crippen molar-refractivity contribution in [3.8, 4) is 0 Å². The second kappa shape index (κ2) is 4.84. The Kier molecular flexibility index (Phi) is 4.03. The third-order valence-electron chi connectivity index (χ3n) is 1.36.